The molecule has 0 saturated carbocycles. The van der Waals surface area contributed by atoms with Crippen molar-refractivity contribution in [2.24, 2.45) is 5.92 Å². The van der Waals surface area contributed by atoms with E-state index >= 15 is 0 Å². The van der Waals surface area contributed by atoms with Crippen molar-refractivity contribution in [1.82, 2.24) is 9.97 Å². The molecule has 4 heteroatoms. The summed E-state index contributed by atoms with van der Waals surface area (Å²) in [5.41, 5.74) is 1.17. The van der Waals surface area contributed by atoms with E-state index in [0.717, 1.165) is 43.0 Å². The van der Waals surface area contributed by atoms with Crippen molar-refractivity contribution in [2.45, 2.75) is 33.6 Å². The molecule has 23 heavy (non-hydrogen) atoms. The molecule has 0 bridgehead atoms. The third-order valence-corrected chi connectivity index (χ3v) is 4.58. The highest BCUT2D eigenvalue weighted by Gasteiger charge is 2.19. The Hall–Kier alpha value is -2.10. The number of aryl methyl sites for hydroxylation is 1. The van der Waals surface area contributed by atoms with Gasteiger partial charge in [0, 0.05) is 31.4 Å². The van der Waals surface area contributed by atoms with Crippen molar-refractivity contribution in [2.75, 3.05) is 29.4 Å². The monoisotopic (exact) mass is 310 g/mol. The number of hydrogen-bond acceptors (Lipinski definition) is 4. The van der Waals surface area contributed by atoms with Crippen molar-refractivity contribution in [3.63, 3.8) is 0 Å². The zero-order chi connectivity index (χ0) is 16.2. The van der Waals surface area contributed by atoms with Crippen molar-refractivity contribution < 1.29 is 0 Å². The second-order valence-electron chi connectivity index (χ2n) is 6.38. The first-order valence-electron chi connectivity index (χ1n) is 8.60. The maximum Gasteiger partial charge on any atom is 0.138 e. The second-order valence-corrected chi connectivity index (χ2v) is 6.38. The molecule has 4 nitrogen and oxygen atoms in total. The average Bonchev–Trinajstić information content (AvgIpc) is 2.57. The van der Waals surface area contributed by atoms with Gasteiger partial charge >= 0.3 is 0 Å². The summed E-state index contributed by atoms with van der Waals surface area (Å²) in [7, 11) is 0. The third kappa shape index (κ3) is 3.63. The molecule has 0 aliphatic carbocycles. The van der Waals surface area contributed by atoms with Crippen LogP contribution in [0, 0.1) is 12.8 Å². The quantitative estimate of drug-likeness (QED) is 0.848. The number of anilines is 3. The maximum absolute atomic E-state index is 4.68. The minimum atomic E-state index is 0.824. The van der Waals surface area contributed by atoms with Gasteiger partial charge in [0.25, 0.3) is 0 Å². The number of para-hydroxylation sites is 1. The molecule has 0 radical (unpaired) electrons. The van der Waals surface area contributed by atoms with Crippen LogP contribution in [0.4, 0.5) is 17.3 Å². The number of benzene rings is 1. The molecule has 1 fully saturated rings. The van der Waals surface area contributed by atoms with Crippen molar-refractivity contribution in [3.05, 3.63) is 42.2 Å². The fraction of sp³-hybridized carbons (Fsp3) is 0.474. The maximum atomic E-state index is 4.68. The highest BCUT2D eigenvalue weighted by Crippen LogP contribution is 2.28. The van der Waals surface area contributed by atoms with Crippen LogP contribution in [-0.2, 0) is 0 Å². The Morgan fingerprint density at radius 1 is 1.13 bits per heavy atom. The Balaban J connectivity index is 1.90. The lowest BCUT2D eigenvalue weighted by Crippen LogP contribution is -2.33. The average molecular weight is 310 g/mol. The molecule has 1 saturated heterocycles. The molecule has 3 rings (SSSR count). The van der Waals surface area contributed by atoms with E-state index in [2.05, 4.69) is 63.9 Å². The normalized spacial score (nSPS) is 15.7. The van der Waals surface area contributed by atoms with Gasteiger partial charge in [0.2, 0.25) is 0 Å². The van der Waals surface area contributed by atoms with E-state index in [1.807, 2.05) is 13.0 Å². The molecule has 2 aromatic rings. The van der Waals surface area contributed by atoms with E-state index in [-0.39, 0.29) is 0 Å². The largest absolute Gasteiger partial charge is 0.356 e. The van der Waals surface area contributed by atoms with E-state index in [4.69, 9.17) is 0 Å². The summed E-state index contributed by atoms with van der Waals surface area (Å²) in [6.45, 7) is 9.55. The van der Waals surface area contributed by atoms with Gasteiger partial charge in [0.05, 0.1) is 0 Å². The lowest BCUT2D eigenvalue weighted by Gasteiger charge is -2.32. The first-order valence-corrected chi connectivity index (χ1v) is 8.60. The number of rotatable bonds is 4. The van der Waals surface area contributed by atoms with Crippen molar-refractivity contribution >= 4 is 17.3 Å². The molecule has 1 aliphatic heterocycles. The Morgan fingerprint density at radius 2 is 1.83 bits per heavy atom. The highest BCUT2D eigenvalue weighted by atomic mass is 15.2. The zero-order valence-electron chi connectivity index (χ0n) is 14.4. The van der Waals surface area contributed by atoms with E-state index in [9.17, 15) is 0 Å². The first-order chi connectivity index (χ1) is 11.2. The Kier molecular flexibility index (Phi) is 4.79. The Morgan fingerprint density at radius 3 is 2.48 bits per heavy atom. The molecule has 0 unspecified atom stereocenters. The van der Waals surface area contributed by atoms with Crippen molar-refractivity contribution in [3.8, 4) is 0 Å². The second kappa shape index (κ2) is 6.99. The van der Waals surface area contributed by atoms with Gasteiger partial charge in [-0.25, -0.2) is 9.97 Å². The van der Waals surface area contributed by atoms with Crippen LogP contribution >= 0.6 is 0 Å². The fourth-order valence-electron chi connectivity index (χ4n) is 3.16. The number of hydrogen-bond donors (Lipinski definition) is 0. The zero-order valence-corrected chi connectivity index (χ0v) is 14.4. The predicted molar refractivity (Wildman–Crippen MR) is 96.5 cm³/mol. The van der Waals surface area contributed by atoms with Crippen LogP contribution in [0.25, 0.3) is 0 Å². The van der Waals surface area contributed by atoms with Crippen LogP contribution in [0.5, 0.6) is 0 Å². The Bertz CT molecular complexity index is 633. The number of piperidine rings is 1. The molecule has 0 N–H and O–H groups in total. The molecular formula is C19H26N4. The summed E-state index contributed by atoms with van der Waals surface area (Å²) in [4.78, 5) is 14.0. The molecule has 0 amide bonds. The molecule has 122 valence electrons. The summed E-state index contributed by atoms with van der Waals surface area (Å²) in [5, 5.41) is 0. The summed E-state index contributed by atoms with van der Waals surface area (Å²) < 4.78 is 0. The third-order valence-electron chi connectivity index (χ3n) is 4.58. The smallest absolute Gasteiger partial charge is 0.138 e. The van der Waals surface area contributed by atoms with E-state index in [1.165, 1.54) is 18.5 Å². The first kappa shape index (κ1) is 15.8. The van der Waals surface area contributed by atoms with E-state index in [0.29, 0.717) is 0 Å². The van der Waals surface area contributed by atoms with Crippen LogP contribution in [0.3, 0.4) is 0 Å². The van der Waals surface area contributed by atoms with Gasteiger partial charge in [-0.2, -0.15) is 0 Å². The van der Waals surface area contributed by atoms with Gasteiger partial charge in [-0.15, -0.1) is 0 Å². The standard InChI is InChI=1S/C19H26N4/c1-4-23(17-8-6-5-7-9-17)19-14-18(20-16(3)21-19)22-12-10-15(2)11-13-22/h5-9,14-15H,4,10-13H2,1-3H3. The van der Waals surface area contributed by atoms with Crippen molar-refractivity contribution in [1.29, 1.82) is 0 Å². The van der Waals surface area contributed by atoms with Crippen LogP contribution in [0.1, 0.15) is 32.5 Å². The topological polar surface area (TPSA) is 32.3 Å². The minimum Gasteiger partial charge on any atom is -0.356 e. The van der Waals surface area contributed by atoms with Gasteiger partial charge in [-0.3, -0.25) is 0 Å². The molecule has 0 spiro atoms. The highest BCUT2D eigenvalue weighted by molar-refractivity contribution is 5.62. The predicted octanol–water partition coefficient (Wildman–Crippen LogP) is 4.18. The van der Waals surface area contributed by atoms with Gasteiger partial charge < -0.3 is 9.80 Å². The summed E-state index contributed by atoms with van der Waals surface area (Å²) in [6, 6.07) is 12.6. The summed E-state index contributed by atoms with van der Waals surface area (Å²) >= 11 is 0. The van der Waals surface area contributed by atoms with E-state index < -0.39 is 0 Å². The van der Waals surface area contributed by atoms with Gasteiger partial charge in [0.15, 0.2) is 0 Å². The lowest BCUT2D eigenvalue weighted by atomic mass is 9.99. The fourth-order valence-corrected chi connectivity index (χ4v) is 3.16. The molecule has 0 atom stereocenters. The van der Waals surface area contributed by atoms with Gasteiger partial charge in [-0.05, 0) is 44.7 Å². The lowest BCUT2D eigenvalue weighted by molar-refractivity contribution is 0.436. The Labute approximate surface area is 139 Å². The van der Waals surface area contributed by atoms with Crippen LogP contribution < -0.4 is 9.80 Å². The SMILES string of the molecule is CCN(c1ccccc1)c1cc(N2CCC(C)CC2)nc(C)n1. The summed E-state index contributed by atoms with van der Waals surface area (Å²) in [5.74, 6) is 3.71. The van der Waals surface area contributed by atoms with Gasteiger partial charge in [-0.1, -0.05) is 25.1 Å². The minimum absolute atomic E-state index is 0.824. The molecule has 1 aromatic carbocycles. The molecule has 1 aliphatic rings. The number of aromatic nitrogens is 2. The van der Waals surface area contributed by atoms with Crippen LogP contribution in [-0.4, -0.2) is 29.6 Å². The number of nitrogens with zero attached hydrogens (tertiary/aromatic N) is 4. The van der Waals surface area contributed by atoms with Gasteiger partial charge in [0.1, 0.15) is 17.5 Å². The van der Waals surface area contributed by atoms with Crippen LogP contribution in [0.2, 0.25) is 0 Å². The molecular weight excluding hydrogens is 284 g/mol. The van der Waals surface area contributed by atoms with Crippen LogP contribution in [0.15, 0.2) is 36.4 Å². The molecule has 2 heterocycles. The van der Waals surface area contributed by atoms with E-state index in [1.54, 1.807) is 0 Å². The molecule has 1 aromatic heterocycles. The summed E-state index contributed by atoms with van der Waals surface area (Å²) in [6.07, 6.45) is 2.49.